The summed E-state index contributed by atoms with van der Waals surface area (Å²) in [5, 5.41) is 14.7. The van der Waals surface area contributed by atoms with Gasteiger partial charge in [-0.1, -0.05) is 18.7 Å². The molecule has 0 saturated heterocycles. The number of nitrogens with zero attached hydrogens (tertiary/aromatic N) is 16. The molecule has 22 nitrogen and oxygen atoms in total. The Labute approximate surface area is 451 Å². The highest BCUT2D eigenvalue weighted by Gasteiger charge is 2.28. The number of fused-ring (bicyclic) bond motifs is 4. The van der Waals surface area contributed by atoms with Crippen LogP contribution in [0.15, 0.2) is 123 Å². The van der Waals surface area contributed by atoms with Crippen LogP contribution < -0.4 is 20.1 Å². The molecule has 12 rings (SSSR count). The summed E-state index contributed by atoms with van der Waals surface area (Å²) in [7, 11) is 0. The van der Waals surface area contributed by atoms with Gasteiger partial charge in [0.05, 0.1) is 23.8 Å². The van der Waals surface area contributed by atoms with E-state index in [1.165, 1.54) is 47.9 Å². The minimum absolute atomic E-state index is 0.0203. The molecule has 80 heavy (non-hydrogen) atoms. The number of alkyl halides is 1. The number of benzene rings is 2. The number of amides is 2. The second-order valence-electron chi connectivity index (χ2n) is 18.5. The summed E-state index contributed by atoms with van der Waals surface area (Å²) >= 11 is 0. The standard InChI is InChI=1S/C55H43F3N18O4/c1-5-46(77)74-17-13-33(21-42(74)56)53-60-25-39-51(71-53)55(65-27-62-39)68-37-7-9-41(31(4)49(37)58)80-35-15-19-76-45(23-35)69-43(72-76)10-11-47(78)73-16-12-32(20-29(73)2)52-59-24-38-50(70-52)54(64-26-61-38)67-36-6-8-40(30(3)48(36)57)79-34-14-18-75-44(22-34)63-28-66-75/h5-11,13-15,18-20,22-29,42H,1,12,16-17,21H2,2-4H3,(H,61,64,67)(H,62,65,68)/b11-10-/t29-,42+/m1/s1. The topological polar surface area (TPSA) is 247 Å². The number of rotatable bonds is 13. The third-order valence-corrected chi connectivity index (χ3v) is 13.5. The van der Waals surface area contributed by atoms with Crippen LogP contribution in [0.3, 0.4) is 0 Å². The van der Waals surface area contributed by atoms with Crippen LogP contribution in [0.5, 0.6) is 23.0 Å². The molecule has 8 aromatic heterocycles. The molecule has 0 spiro atoms. The average molecular weight is 1080 g/mol. The van der Waals surface area contributed by atoms with Crippen LogP contribution >= 0.6 is 0 Å². The second-order valence-corrected chi connectivity index (χ2v) is 18.5. The molecule has 0 bridgehead atoms. The van der Waals surface area contributed by atoms with E-state index in [-0.39, 0.29) is 82.0 Å². The molecule has 0 radical (unpaired) electrons. The molecule has 2 aliphatic heterocycles. The first kappa shape index (κ1) is 50.2. The predicted octanol–water partition coefficient (Wildman–Crippen LogP) is 9.02. The van der Waals surface area contributed by atoms with Gasteiger partial charge < -0.3 is 29.9 Å². The van der Waals surface area contributed by atoms with Crippen molar-refractivity contribution in [3.63, 3.8) is 0 Å². The number of carbonyl (C=O) groups is 2. The predicted molar refractivity (Wildman–Crippen MR) is 287 cm³/mol. The van der Waals surface area contributed by atoms with E-state index in [2.05, 4.69) is 72.3 Å². The van der Waals surface area contributed by atoms with Crippen molar-refractivity contribution < 1.29 is 32.2 Å². The summed E-state index contributed by atoms with van der Waals surface area (Å²) in [6.45, 7) is 8.91. The highest BCUT2D eigenvalue weighted by molar-refractivity contribution is 5.93. The quantitative estimate of drug-likeness (QED) is 0.0807. The van der Waals surface area contributed by atoms with Crippen LogP contribution in [-0.2, 0) is 9.59 Å². The zero-order valence-corrected chi connectivity index (χ0v) is 42.7. The van der Waals surface area contributed by atoms with Crippen LogP contribution in [0.1, 0.15) is 48.4 Å². The van der Waals surface area contributed by atoms with Gasteiger partial charge in [0.2, 0.25) is 11.8 Å². The Morgan fingerprint density at radius 2 is 1.32 bits per heavy atom. The smallest absolute Gasteiger partial charge is 0.248 e. The van der Waals surface area contributed by atoms with E-state index in [0.717, 1.165) is 16.5 Å². The minimum atomic E-state index is -1.59. The Balaban J connectivity index is 0.689. The van der Waals surface area contributed by atoms with E-state index in [4.69, 9.17) is 14.5 Å². The molecule has 2 N–H and O–H groups in total. The molecule has 10 aromatic rings. The van der Waals surface area contributed by atoms with Crippen molar-refractivity contribution in [1.82, 2.24) is 78.9 Å². The molecule has 10 heterocycles. The molecule has 0 saturated carbocycles. The van der Waals surface area contributed by atoms with Crippen LogP contribution in [0.4, 0.5) is 36.2 Å². The number of nitrogens with one attached hydrogen (secondary N) is 2. The number of anilines is 4. The lowest BCUT2D eigenvalue weighted by molar-refractivity contribution is -0.131. The van der Waals surface area contributed by atoms with E-state index in [1.807, 2.05) is 13.0 Å². The highest BCUT2D eigenvalue weighted by Crippen LogP contribution is 2.36. The maximum absolute atomic E-state index is 16.1. The average Bonchev–Trinajstić information content (AvgIpc) is 4.16. The third kappa shape index (κ3) is 9.77. The lowest BCUT2D eigenvalue weighted by Gasteiger charge is -2.31. The molecule has 0 unspecified atom stereocenters. The zero-order valence-electron chi connectivity index (χ0n) is 42.7. The first-order valence-corrected chi connectivity index (χ1v) is 24.9. The van der Waals surface area contributed by atoms with Crippen molar-refractivity contribution in [2.45, 2.75) is 46.0 Å². The van der Waals surface area contributed by atoms with Crippen LogP contribution in [0, 0.1) is 25.5 Å². The van der Waals surface area contributed by atoms with Gasteiger partial charge in [0.1, 0.15) is 64.0 Å². The van der Waals surface area contributed by atoms with Gasteiger partial charge in [0.15, 0.2) is 58.3 Å². The maximum atomic E-state index is 16.1. The Kier molecular flexibility index (Phi) is 13.0. The summed E-state index contributed by atoms with van der Waals surface area (Å²) < 4.78 is 62.1. The molecule has 2 aromatic carbocycles. The number of carbonyl (C=O) groups excluding carboxylic acids is 2. The molecule has 0 aliphatic carbocycles. The number of hydrogen-bond acceptors (Lipinski definition) is 18. The van der Waals surface area contributed by atoms with Crippen LogP contribution in [0.2, 0.25) is 0 Å². The summed E-state index contributed by atoms with van der Waals surface area (Å²) in [6.07, 6.45) is 16.8. The van der Waals surface area contributed by atoms with Gasteiger partial charge in [-0.15, -0.1) is 5.10 Å². The Morgan fingerprint density at radius 1 is 0.713 bits per heavy atom. The van der Waals surface area contributed by atoms with Crippen molar-refractivity contribution in [3.05, 3.63) is 163 Å². The van der Waals surface area contributed by atoms with E-state index in [0.29, 0.717) is 69.5 Å². The van der Waals surface area contributed by atoms with Gasteiger partial charge in [-0.2, -0.15) is 5.10 Å². The Hall–Kier alpha value is -10.6. The monoisotopic (exact) mass is 1080 g/mol. The van der Waals surface area contributed by atoms with Crippen molar-refractivity contribution in [2.75, 3.05) is 23.7 Å². The van der Waals surface area contributed by atoms with Crippen molar-refractivity contribution in [3.8, 4) is 23.0 Å². The number of hydrogen-bond donors (Lipinski definition) is 2. The molecular weight excluding hydrogens is 1030 g/mol. The molecule has 2 atom stereocenters. The van der Waals surface area contributed by atoms with Gasteiger partial charge in [-0.25, -0.2) is 72.0 Å². The lowest BCUT2D eigenvalue weighted by Crippen LogP contribution is -2.40. The molecule has 398 valence electrons. The number of ether oxygens (including phenoxy) is 2. The second kappa shape index (κ2) is 20.7. The van der Waals surface area contributed by atoms with Gasteiger partial charge in [0.25, 0.3) is 0 Å². The molecule has 2 aliphatic rings. The minimum Gasteiger partial charge on any atom is -0.457 e. The summed E-state index contributed by atoms with van der Waals surface area (Å²) in [5.41, 5.74) is 4.50. The Morgan fingerprint density at radius 3 is 1.94 bits per heavy atom. The highest BCUT2D eigenvalue weighted by atomic mass is 19.1. The zero-order chi connectivity index (χ0) is 55.2. The van der Waals surface area contributed by atoms with E-state index in [1.54, 1.807) is 90.4 Å². The largest absolute Gasteiger partial charge is 0.457 e. The first-order valence-electron chi connectivity index (χ1n) is 24.9. The normalized spacial score (nSPS) is 15.6. The van der Waals surface area contributed by atoms with Crippen LogP contribution in [0.25, 0.3) is 50.6 Å². The van der Waals surface area contributed by atoms with Crippen molar-refractivity contribution >= 4 is 85.4 Å². The number of halogens is 3. The fourth-order valence-electron chi connectivity index (χ4n) is 9.21. The molecule has 2 amide bonds. The molecule has 0 fully saturated rings. The van der Waals surface area contributed by atoms with Crippen molar-refractivity contribution in [2.24, 2.45) is 0 Å². The van der Waals surface area contributed by atoms with Gasteiger partial charge in [-0.05, 0) is 86.9 Å². The fraction of sp³-hybridized carbons (Fsp3) is 0.164. The van der Waals surface area contributed by atoms with E-state index < -0.39 is 23.8 Å². The van der Waals surface area contributed by atoms with Gasteiger partial charge in [0, 0.05) is 67.3 Å². The van der Waals surface area contributed by atoms with Gasteiger partial charge in [-0.3, -0.25) is 9.59 Å². The third-order valence-electron chi connectivity index (χ3n) is 13.5. The summed E-state index contributed by atoms with van der Waals surface area (Å²) in [6, 6.07) is 12.7. The van der Waals surface area contributed by atoms with E-state index >= 15 is 8.78 Å². The fourth-order valence-corrected chi connectivity index (χ4v) is 9.21. The molecule has 25 heteroatoms. The maximum Gasteiger partial charge on any atom is 0.248 e. The van der Waals surface area contributed by atoms with Crippen LogP contribution in [-0.4, -0.2) is 116 Å². The summed E-state index contributed by atoms with van der Waals surface area (Å²) in [4.78, 5) is 72.7. The summed E-state index contributed by atoms with van der Waals surface area (Å²) in [5.74, 6) is 0.864. The lowest BCUT2D eigenvalue weighted by atomic mass is 10.0. The van der Waals surface area contributed by atoms with E-state index in [9.17, 15) is 14.0 Å². The first-order chi connectivity index (χ1) is 38.8. The van der Waals surface area contributed by atoms with Crippen molar-refractivity contribution in [1.29, 1.82) is 0 Å². The number of aromatic nitrogens is 14. The van der Waals surface area contributed by atoms with Gasteiger partial charge >= 0.3 is 0 Å². The number of pyridine rings is 2. The SMILES string of the molecule is C=CC(=O)N1CC=C(c2ncc3ncnc(Nc4ccc(Oc5ccn6nc(/C=C\C(=O)N7CCC(c8ncc9ncnc(Nc%10ccc(Oc%11ccn%12ncnc%12c%11)c(C)c%10F)c9n8)=C[C@H]7C)nc6c5)c(C)c4F)c3n2)C[C@H]1F. The Bertz CT molecular complexity index is 4260. The molecular formula is C55H43F3N18O4.